The molecule has 0 spiro atoms. The largest absolute Gasteiger partial charge is 0.299 e. The predicted molar refractivity (Wildman–Crippen MR) is 73.8 cm³/mol. The predicted octanol–water partition coefficient (Wildman–Crippen LogP) is 3.68. The van der Waals surface area contributed by atoms with Crippen LogP contribution < -0.4 is 0 Å². The first kappa shape index (κ1) is 14.6. The van der Waals surface area contributed by atoms with Gasteiger partial charge in [-0.05, 0) is 11.5 Å². The van der Waals surface area contributed by atoms with Crippen molar-refractivity contribution in [2.24, 2.45) is 11.8 Å². The number of carbonyl (C=O) groups is 2. The fourth-order valence-corrected chi connectivity index (χ4v) is 1.70. The number of carbonyl (C=O) groups excluding carboxylic acids is 2. The SMILES string of the molecule is CC(C)CC(=O)c1ccc(CC(=O)C(C)C)cc1. The van der Waals surface area contributed by atoms with Crippen LogP contribution in [-0.2, 0) is 11.2 Å². The molecule has 2 nitrogen and oxygen atoms in total. The molecule has 1 rings (SSSR count). The molecule has 98 valence electrons. The van der Waals surface area contributed by atoms with Crippen LogP contribution >= 0.6 is 0 Å². The van der Waals surface area contributed by atoms with E-state index in [-0.39, 0.29) is 17.5 Å². The molecule has 0 aromatic heterocycles. The highest BCUT2D eigenvalue weighted by Gasteiger charge is 2.10. The Labute approximate surface area is 109 Å². The summed E-state index contributed by atoms with van der Waals surface area (Å²) in [6.45, 7) is 7.88. The maximum Gasteiger partial charge on any atom is 0.163 e. The summed E-state index contributed by atoms with van der Waals surface area (Å²) in [4.78, 5) is 23.4. The van der Waals surface area contributed by atoms with Crippen LogP contribution in [0.3, 0.4) is 0 Å². The van der Waals surface area contributed by atoms with Crippen molar-refractivity contribution in [3.05, 3.63) is 35.4 Å². The summed E-state index contributed by atoms with van der Waals surface area (Å²) >= 11 is 0. The second-order valence-electron chi connectivity index (χ2n) is 5.52. The molecule has 0 fully saturated rings. The minimum atomic E-state index is 0.0623. The van der Waals surface area contributed by atoms with Crippen molar-refractivity contribution in [3.8, 4) is 0 Å². The van der Waals surface area contributed by atoms with E-state index in [0.717, 1.165) is 11.1 Å². The molecule has 0 saturated carbocycles. The standard InChI is InChI=1S/C16H22O2/c1-11(2)9-16(18)14-7-5-13(6-8-14)10-15(17)12(3)4/h5-8,11-12H,9-10H2,1-4H3. The highest BCUT2D eigenvalue weighted by Crippen LogP contribution is 2.12. The number of Topliss-reactive ketones (excluding diaryl/α,β-unsaturated/α-hetero) is 2. The van der Waals surface area contributed by atoms with Crippen LogP contribution in [0.2, 0.25) is 0 Å². The zero-order valence-electron chi connectivity index (χ0n) is 11.7. The van der Waals surface area contributed by atoms with E-state index in [0.29, 0.717) is 18.8 Å². The Hall–Kier alpha value is -1.44. The molecule has 0 heterocycles. The first-order chi connectivity index (χ1) is 8.40. The Morgan fingerprint density at radius 3 is 2.00 bits per heavy atom. The van der Waals surface area contributed by atoms with Gasteiger partial charge >= 0.3 is 0 Å². The van der Waals surface area contributed by atoms with Crippen molar-refractivity contribution < 1.29 is 9.59 Å². The van der Waals surface area contributed by atoms with Crippen LogP contribution in [0.15, 0.2) is 24.3 Å². The minimum Gasteiger partial charge on any atom is -0.299 e. The van der Waals surface area contributed by atoms with Crippen LogP contribution in [0.1, 0.15) is 50.0 Å². The summed E-state index contributed by atoms with van der Waals surface area (Å²) in [7, 11) is 0. The molecule has 0 bridgehead atoms. The lowest BCUT2D eigenvalue weighted by Crippen LogP contribution is -2.10. The highest BCUT2D eigenvalue weighted by atomic mass is 16.1. The average molecular weight is 246 g/mol. The van der Waals surface area contributed by atoms with E-state index in [1.165, 1.54) is 0 Å². The van der Waals surface area contributed by atoms with Gasteiger partial charge in [0.1, 0.15) is 5.78 Å². The minimum absolute atomic E-state index is 0.0623. The first-order valence-corrected chi connectivity index (χ1v) is 6.55. The zero-order chi connectivity index (χ0) is 13.7. The fraction of sp³-hybridized carbons (Fsp3) is 0.500. The van der Waals surface area contributed by atoms with Gasteiger partial charge in [-0.1, -0.05) is 52.0 Å². The maximum atomic E-state index is 11.8. The summed E-state index contributed by atoms with van der Waals surface area (Å²) in [5.41, 5.74) is 1.72. The van der Waals surface area contributed by atoms with Gasteiger partial charge < -0.3 is 0 Å². The fourth-order valence-electron chi connectivity index (χ4n) is 1.70. The van der Waals surface area contributed by atoms with Crippen molar-refractivity contribution in [2.75, 3.05) is 0 Å². The molecule has 18 heavy (non-hydrogen) atoms. The van der Waals surface area contributed by atoms with Crippen LogP contribution in [0, 0.1) is 11.8 Å². The third-order valence-electron chi connectivity index (χ3n) is 2.89. The van der Waals surface area contributed by atoms with Gasteiger partial charge in [-0.2, -0.15) is 0 Å². The lowest BCUT2D eigenvalue weighted by Gasteiger charge is -2.06. The number of rotatable bonds is 6. The molecule has 1 aromatic carbocycles. The molecule has 0 aliphatic carbocycles. The molecule has 0 amide bonds. The zero-order valence-corrected chi connectivity index (χ0v) is 11.7. The van der Waals surface area contributed by atoms with Crippen molar-refractivity contribution in [1.29, 1.82) is 0 Å². The third kappa shape index (κ3) is 4.44. The van der Waals surface area contributed by atoms with Gasteiger partial charge in [0, 0.05) is 24.3 Å². The van der Waals surface area contributed by atoms with Gasteiger partial charge in [0.15, 0.2) is 5.78 Å². The van der Waals surface area contributed by atoms with Gasteiger partial charge in [0.05, 0.1) is 0 Å². The van der Waals surface area contributed by atoms with Crippen molar-refractivity contribution in [3.63, 3.8) is 0 Å². The summed E-state index contributed by atoms with van der Waals surface area (Å²) in [5, 5.41) is 0. The summed E-state index contributed by atoms with van der Waals surface area (Å²) < 4.78 is 0. The Bertz CT molecular complexity index is 413. The van der Waals surface area contributed by atoms with Crippen LogP contribution in [0.25, 0.3) is 0 Å². The monoisotopic (exact) mass is 246 g/mol. The second-order valence-corrected chi connectivity index (χ2v) is 5.52. The Morgan fingerprint density at radius 2 is 1.56 bits per heavy atom. The molecule has 0 unspecified atom stereocenters. The van der Waals surface area contributed by atoms with Gasteiger partial charge in [-0.25, -0.2) is 0 Å². The number of hydrogen-bond acceptors (Lipinski definition) is 2. The Morgan fingerprint density at radius 1 is 1.00 bits per heavy atom. The van der Waals surface area contributed by atoms with E-state index in [2.05, 4.69) is 0 Å². The van der Waals surface area contributed by atoms with Crippen LogP contribution in [0.4, 0.5) is 0 Å². The van der Waals surface area contributed by atoms with Crippen molar-refractivity contribution >= 4 is 11.6 Å². The molecule has 0 N–H and O–H groups in total. The van der Waals surface area contributed by atoms with Gasteiger partial charge in [0.25, 0.3) is 0 Å². The molecule has 0 aliphatic heterocycles. The van der Waals surface area contributed by atoms with Crippen molar-refractivity contribution in [2.45, 2.75) is 40.5 Å². The molecule has 0 atom stereocenters. The normalized spacial score (nSPS) is 11.0. The Balaban J connectivity index is 2.68. The topological polar surface area (TPSA) is 34.1 Å². The lowest BCUT2D eigenvalue weighted by atomic mass is 9.97. The van der Waals surface area contributed by atoms with E-state index in [9.17, 15) is 9.59 Å². The van der Waals surface area contributed by atoms with E-state index < -0.39 is 0 Å². The number of benzene rings is 1. The molecule has 2 heteroatoms. The van der Waals surface area contributed by atoms with E-state index in [1.54, 1.807) is 0 Å². The van der Waals surface area contributed by atoms with Crippen molar-refractivity contribution in [1.82, 2.24) is 0 Å². The molecule has 0 radical (unpaired) electrons. The molecule has 0 aliphatic rings. The average Bonchev–Trinajstić information content (AvgIpc) is 2.28. The van der Waals surface area contributed by atoms with Crippen LogP contribution in [0.5, 0.6) is 0 Å². The Kier molecular flexibility index (Phi) is 5.26. The van der Waals surface area contributed by atoms with E-state index in [4.69, 9.17) is 0 Å². The number of hydrogen-bond donors (Lipinski definition) is 0. The summed E-state index contributed by atoms with van der Waals surface area (Å²) in [6.07, 6.45) is 1.03. The lowest BCUT2D eigenvalue weighted by molar-refractivity contribution is -0.121. The molecule has 1 aromatic rings. The van der Waals surface area contributed by atoms with Gasteiger partial charge in [-0.15, -0.1) is 0 Å². The summed E-state index contributed by atoms with van der Waals surface area (Å²) in [6, 6.07) is 7.42. The molecular weight excluding hydrogens is 224 g/mol. The quantitative estimate of drug-likeness (QED) is 0.717. The first-order valence-electron chi connectivity index (χ1n) is 6.55. The second kappa shape index (κ2) is 6.48. The van der Waals surface area contributed by atoms with Gasteiger partial charge in [0.2, 0.25) is 0 Å². The third-order valence-corrected chi connectivity index (χ3v) is 2.89. The maximum absolute atomic E-state index is 11.8. The molecule has 0 saturated heterocycles. The highest BCUT2D eigenvalue weighted by molar-refractivity contribution is 5.96. The van der Waals surface area contributed by atoms with E-state index in [1.807, 2.05) is 52.0 Å². The van der Waals surface area contributed by atoms with Crippen LogP contribution in [-0.4, -0.2) is 11.6 Å². The molecular formula is C16H22O2. The number of ketones is 2. The summed E-state index contributed by atoms with van der Waals surface area (Å²) in [5.74, 6) is 0.843. The van der Waals surface area contributed by atoms with E-state index >= 15 is 0 Å². The smallest absolute Gasteiger partial charge is 0.163 e. The van der Waals surface area contributed by atoms with Gasteiger partial charge in [-0.3, -0.25) is 9.59 Å².